The Morgan fingerprint density at radius 2 is 1.44 bits per heavy atom. The molecule has 2 heterocycles. The standard InChI is InChI=1S/C38H43Cl2N3O7/c1-38(33-27(39)8-6-9-28(33)40)34(36(46)47)29(12-11-22-7-4-5-10-31(22)50-3)41(2)30(35(38)37(48)49)21-32(45)43-15-13-42(14-16-43)25-17-23-19-26(44)20-24(23)18-25/h4-10,23-25H,11-21H2,1-3H3,(H,46,47)(H,48,49). The molecule has 2 saturated carbocycles. The summed E-state index contributed by atoms with van der Waals surface area (Å²) in [6.07, 6.45) is 3.74. The first-order valence-corrected chi connectivity index (χ1v) is 17.9. The molecule has 4 aliphatic rings. The number of aliphatic carboxylic acids is 2. The van der Waals surface area contributed by atoms with Gasteiger partial charge in [0, 0.05) is 79.1 Å². The molecule has 0 bridgehead atoms. The normalized spacial score (nSPS) is 25.7. The van der Waals surface area contributed by atoms with E-state index in [1.807, 2.05) is 24.3 Å². The van der Waals surface area contributed by atoms with Crippen molar-refractivity contribution >= 4 is 46.8 Å². The van der Waals surface area contributed by atoms with Crippen LogP contribution in [0.15, 0.2) is 65.0 Å². The fraction of sp³-hybridized carbons (Fsp3) is 0.474. The van der Waals surface area contributed by atoms with E-state index in [0.29, 0.717) is 80.5 Å². The third-order valence-electron chi connectivity index (χ3n) is 11.4. The predicted molar refractivity (Wildman–Crippen MR) is 189 cm³/mol. The van der Waals surface area contributed by atoms with Crippen molar-refractivity contribution in [3.8, 4) is 5.75 Å². The molecule has 3 fully saturated rings. The number of carbonyl (C=O) groups is 4. The topological polar surface area (TPSA) is 128 Å². The number of carboxylic acids is 2. The summed E-state index contributed by atoms with van der Waals surface area (Å²) in [5.74, 6) is -0.963. The maximum atomic E-state index is 14.1. The van der Waals surface area contributed by atoms with Crippen LogP contribution in [-0.2, 0) is 31.0 Å². The molecule has 3 unspecified atom stereocenters. The van der Waals surface area contributed by atoms with Crippen LogP contribution in [0, 0.1) is 11.8 Å². The molecule has 2 aliphatic heterocycles. The average Bonchev–Trinajstić information content (AvgIpc) is 3.63. The number of benzene rings is 2. The number of Topliss-reactive ketones (excluding diaryl/α,β-unsaturated/α-hetero) is 1. The van der Waals surface area contributed by atoms with E-state index in [0.717, 1.165) is 18.4 Å². The van der Waals surface area contributed by atoms with Gasteiger partial charge in [-0.3, -0.25) is 14.5 Å². The number of halogens is 2. The Balaban J connectivity index is 1.34. The Hall–Kier alpha value is -3.86. The molecule has 0 spiro atoms. The Kier molecular flexibility index (Phi) is 10.4. The fourth-order valence-electron chi connectivity index (χ4n) is 9.00. The number of rotatable bonds is 10. The van der Waals surface area contributed by atoms with Crippen LogP contribution in [0.5, 0.6) is 5.75 Å². The number of aryl methyl sites for hydroxylation is 1. The van der Waals surface area contributed by atoms with Crippen molar-refractivity contribution in [3.63, 3.8) is 0 Å². The maximum Gasteiger partial charge on any atom is 0.334 e. The fourth-order valence-corrected chi connectivity index (χ4v) is 9.78. The van der Waals surface area contributed by atoms with Gasteiger partial charge in [0.25, 0.3) is 0 Å². The molecule has 50 heavy (non-hydrogen) atoms. The number of para-hydroxylation sites is 1. The van der Waals surface area contributed by atoms with Gasteiger partial charge in [-0.25, -0.2) is 9.59 Å². The second kappa shape index (κ2) is 14.4. The van der Waals surface area contributed by atoms with Crippen molar-refractivity contribution in [2.75, 3.05) is 40.3 Å². The van der Waals surface area contributed by atoms with E-state index in [4.69, 9.17) is 27.9 Å². The zero-order valence-corrected chi connectivity index (χ0v) is 30.1. The average molecular weight is 725 g/mol. The maximum absolute atomic E-state index is 14.1. The van der Waals surface area contributed by atoms with E-state index in [9.17, 15) is 29.4 Å². The lowest BCUT2D eigenvalue weighted by Crippen LogP contribution is -2.52. The molecular weight excluding hydrogens is 681 g/mol. The van der Waals surface area contributed by atoms with Gasteiger partial charge in [-0.2, -0.15) is 0 Å². The summed E-state index contributed by atoms with van der Waals surface area (Å²) in [5, 5.41) is 22.0. The summed E-state index contributed by atoms with van der Waals surface area (Å²) >= 11 is 13.5. The first-order valence-electron chi connectivity index (χ1n) is 17.1. The number of carbonyl (C=O) groups excluding carboxylic acids is 2. The van der Waals surface area contributed by atoms with Crippen LogP contribution in [0.2, 0.25) is 10.0 Å². The number of fused-ring (bicyclic) bond motifs is 1. The van der Waals surface area contributed by atoms with Crippen LogP contribution < -0.4 is 4.74 Å². The summed E-state index contributed by atoms with van der Waals surface area (Å²) in [5.41, 5.74) is -0.697. The Labute approximate surface area is 302 Å². The molecule has 12 heteroatoms. The molecule has 0 radical (unpaired) electrons. The molecule has 2 N–H and O–H groups in total. The third kappa shape index (κ3) is 6.53. The van der Waals surface area contributed by atoms with Gasteiger partial charge in [0.1, 0.15) is 11.5 Å². The summed E-state index contributed by atoms with van der Waals surface area (Å²) in [6.45, 7) is 3.91. The first kappa shape index (κ1) is 35.9. The summed E-state index contributed by atoms with van der Waals surface area (Å²) in [7, 11) is 3.19. The van der Waals surface area contributed by atoms with E-state index in [2.05, 4.69) is 4.90 Å². The zero-order valence-electron chi connectivity index (χ0n) is 28.6. The zero-order chi connectivity index (χ0) is 35.9. The molecular formula is C38H43Cl2N3O7. The van der Waals surface area contributed by atoms with Crippen LogP contribution in [0.1, 0.15) is 56.6 Å². The highest BCUT2D eigenvalue weighted by Crippen LogP contribution is 2.52. The van der Waals surface area contributed by atoms with E-state index in [-0.39, 0.29) is 51.2 Å². The van der Waals surface area contributed by atoms with E-state index >= 15 is 0 Å². The van der Waals surface area contributed by atoms with Crippen molar-refractivity contribution in [1.82, 2.24) is 14.7 Å². The van der Waals surface area contributed by atoms with Gasteiger partial charge in [0.2, 0.25) is 5.91 Å². The predicted octanol–water partition coefficient (Wildman–Crippen LogP) is 5.81. The second-order valence-electron chi connectivity index (χ2n) is 14.0. The number of piperazine rings is 1. The highest BCUT2D eigenvalue weighted by atomic mass is 35.5. The molecule has 266 valence electrons. The third-order valence-corrected chi connectivity index (χ3v) is 12.0. The minimum absolute atomic E-state index is 0.119. The van der Waals surface area contributed by atoms with Crippen molar-refractivity contribution < 1.29 is 34.1 Å². The van der Waals surface area contributed by atoms with Gasteiger partial charge >= 0.3 is 11.9 Å². The minimum atomic E-state index is -1.81. The van der Waals surface area contributed by atoms with Gasteiger partial charge in [0.15, 0.2) is 0 Å². The number of hydrogen-bond donors (Lipinski definition) is 2. The van der Waals surface area contributed by atoms with Gasteiger partial charge < -0.3 is 24.7 Å². The molecule has 10 nitrogen and oxygen atoms in total. The van der Waals surface area contributed by atoms with Crippen LogP contribution in [0.25, 0.3) is 0 Å². The SMILES string of the molecule is COc1ccccc1CCC1=C(C(=O)O)C(C)(c2c(Cl)cccc2Cl)C(C(=O)O)=C(CC(=O)N2CCN(C3CC4CC(=O)CC4C3)CC2)N1C. The smallest absolute Gasteiger partial charge is 0.334 e. The molecule has 2 aromatic carbocycles. The number of nitrogens with zero attached hydrogens (tertiary/aromatic N) is 3. The molecule has 3 atom stereocenters. The summed E-state index contributed by atoms with van der Waals surface area (Å²) < 4.78 is 5.55. The number of hydrogen-bond acceptors (Lipinski definition) is 7. The second-order valence-corrected chi connectivity index (χ2v) is 14.8. The minimum Gasteiger partial charge on any atom is -0.496 e. The lowest BCUT2D eigenvalue weighted by Gasteiger charge is -2.44. The number of methoxy groups -OCH3 is 1. The lowest BCUT2D eigenvalue weighted by atomic mass is 9.66. The molecule has 0 aromatic heterocycles. The lowest BCUT2D eigenvalue weighted by molar-refractivity contribution is -0.134. The largest absolute Gasteiger partial charge is 0.496 e. The monoisotopic (exact) mass is 723 g/mol. The number of allylic oxidation sites excluding steroid dienone is 1. The van der Waals surface area contributed by atoms with E-state index in [1.165, 1.54) is 6.92 Å². The first-order chi connectivity index (χ1) is 23.8. The Morgan fingerprint density at radius 1 is 0.860 bits per heavy atom. The van der Waals surface area contributed by atoms with Crippen LogP contribution in [-0.4, -0.2) is 94.9 Å². The number of ether oxygens (including phenoxy) is 1. The van der Waals surface area contributed by atoms with Crippen molar-refractivity contribution in [3.05, 3.63) is 86.2 Å². The van der Waals surface area contributed by atoms with Crippen LogP contribution >= 0.6 is 23.2 Å². The van der Waals surface area contributed by atoms with Crippen LogP contribution in [0.3, 0.4) is 0 Å². The van der Waals surface area contributed by atoms with Gasteiger partial charge in [-0.05, 0) is 68.2 Å². The highest BCUT2D eigenvalue weighted by Gasteiger charge is 2.52. The van der Waals surface area contributed by atoms with E-state index < -0.39 is 17.4 Å². The Bertz CT molecular complexity index is 1750. The molecule has 2 aliphatic carbocycles. The highest BCUT2D eigenvalue weighted by molar-refractivity contribution is 6.36. The van der Waals surface area contributed by atoms with Gasteiger partial charge in [-0.15, -0.1) is 0 Å². The number of amides is 1. The van der Waals surface area contributed by atoms with Gasteiger partial charge in [0.05, 0.1) is 30.1 Å². The van der Waals surface area contributed by atoms with Crippen molar-refractivity contribution in [1.29, 1.82) is 0 Å². The van der Waals surface area contributed by atoms with Crippen molar-refractivity contribution in [2.45, 2.75) is 63.3 Å². The number of carboxylic acid groups (broad SMARTS) is 2. The molecule has 1 amide bonds. The molecule has 1 saturated heterocycles. The molecule has 2 aromatic rings. The van der Waals surface area contributed by atoms with Gasteiger partial charge in [-0.1, -0.05) is 47.5 Å². The van der Waals surface area contributed by atoms with E-state index in [1.54, 1.807) is 42.2 Å². The quantitative estimate of drug-likeness (QED) is 0.312. The Morgan fingerprint density at radius 3 is 2.02 bits per heavy atom. The van der Waals surface area contributed by atoms with Crippen LogP contribution in [0.4, 0.5) is 0 Å². The summed E-state index contributed by atoms with van der Waals surface area (Å²) in [4.78, 5) is 58.4. The number of ketones is 1. The van der Waals surface area contributed by atoms with Crippen molar-refractivity contribution in [2.24, 2.45) is 11.8 Å². The summed E-state index contributed by atoms with van der Waals surface area (Å²) in [6, 6.07) is 12.6. The molecule has 6 rings (SSSR count).